The van der Waals surface area contributed by atoms with Crippen molar-refractivity contribution in [2.24, 2.45) is 0 Å². The van der Waals surface area contributed by atoms with Crippen LogP contribution in [0.25, 0.3) is 0 Å². The van der Waals surface area contributed by atoms with Crippen LogP contribution in [0.1, 0.15) is 17.3 Å². The number of hydrogen-bond donors (Lipinski definition) is 1. The van der Waals surface area contributed by atoms with Crippen LogP contribution in [0.3, 0.4) is 0 Å². The third-order valence-corrected chi connectivity index (χ3v) is 5.76. The van der Waals surface area contributed by atoms with Gasteiger partial charge in [0.25, 0.3) is 11.8 Å². The summed E-state index contributed by atoms with van der Waals surface area (Å²) in [5.41, 5.74) is 1.07. The van der Waals surface area contributed by atoms with E-state index in [1.54, 1.807) is 37.3 Å². The average Bonchev–Trinajstić information content (AvgIpc) is 2.59. The Hall–Kier alpha value is -2.48. The van der Waals surface area contributed by atoms with Gasteiger partial charge in [-0.2, -0.15) is 0 Å². The van der Waals surface area contributed by atoms with Gasteiger partial charge < -0.3 is 10.1 Å². The number of rotatable bonds is 3. The number of esters is 1. The molecule has 3 atom stereocenters. The van der Waals surface area contributed by atoms with Crippen LogP contribution in [-0.4, -0.2) is 51.2 Å². The highest BCUT2D eigenvalue weighted by molar-refractivity contribution is 7.86. The quantitative estimate of drug-likeness (QED) is 0.621. The van der Waals surface area contributed by atoms with Gasteiger partial charge in [0.15, 0.2) is 0 Å². The second-order valence-corrected chi connectivity index (χ2v) is 7.09. The molecule has 7 nitrogen and oxygen atoms in total. The Balaban J connectivity index is 1.83. The fourth-order valence-electron chi connectivity index (χ4n) is 2.86. The molecule has 0 aromatic heterocycles. The lowest BCUT2D eigenvalue weighted by Crippen LogP contribution is -2.73. The van der Waals surface area contributed by atoms with Gasteiger partial charge in [-0.3, -0.25) is 18.7 Å². The van der Waals surface area contributed by atoms with Crippen LogP contribution in [0.2, 0.25) is 0 Å². The number of carbonyl (C=O) groups excluding carboxylic acids is 3. The number of ether oxygens (including phenoxy) is 1. The Morgan fingerprint density at radius 3 is 2.58 bits per heavy atom. The van der Waals surface area contributed by atoms with E-state index in [0.717, 1.165) is 0 Å². The van der Waals surface area contributed by atoms with E-state index in [2.05, 4.69) is 5.32 Å². The van der Waals surface area contributed by atoms with Crippen molar-refractivity contribution < 1.29 is 23.3 Å². The number of β-lactam (4-membered cyclic amide) rings is 1. The largest absolute Gasteiger partial charge is 0.464 e. The van der Waals surface area contributed by atoms with Gasteiger partial charge in [0.05, 0.1) is 17.9 Å². The van der Waals surface area contributed by atoms with Crippen molar-refractivity contribution in [3.05, 3.63) is 47.2 Å². The molecule has 2 amide bonds. The van der Waals surface area contributed by atoms with Gasteiger partial charge in [-0.1, -0.05) is 18.2 Å². The normalized spacial score (nSPS) is 25.7. The minimum Gasteiger partial charge on any atom is -0.464 e. The molecular weight excluding hydrogens is 332 g/mol. The van der Waals surface area contributed by atoms with Crippen molar-refractivity contribution in [1.82, 2.24) is 10.2 Å². The second kappa shape index (κ2) is 6.20. The molecule has 0 bridgehead atoms. The van der Waals surface area contributed by atoms with Crippen molar-refractivity contribution in [3.63, 3.8) is 0 Å². The Morgan fingerprint density at radius 1 is 1.29 bits per heavy atom. The summed E-state index contributed by atoms with van der Waals surface area (Å²) in [5.74, 6) is -1.36. The van der Waals surface area contributed by atoms with Gasteiger partial charge in [0.2, 0.25) is 0 Å². The number of benzene rings is 1. The molecule has 0 radical (unpaired) electrons. The van der Waals surface area contributed by atoms with Crippen molar-refractivity contribution in [2.75, 3.05) is 12.9 Å². The van der Waals surface area contributed by atoms with E-state index in [1.807, 2.05) is 0 Å². The Labute approximate surface area is 141 Å². The highest BCUT2D eigenvalue weighted by atomic mass is 32.2. The standard InChI is InChI=1S/C16H16N2O5S/c1-9-8-24(22)15-11(14(20)18(15)12(9)16(21)23-2)17-13(19)10-6-4-3-5-7-10/h3-7,11,15H,8H2,1-2H3,(H,17,19)/t11-,15-,24+/m1/s1. The van der Waals surface area contributed by atoms with Crippen LogP contribution in [0.5, 0.6) is 0 Å². The molecule has 2 aliphatic heterocycles. The first-order valence-electron chi connectivity index (χ1n) is 7.30. The molecule has 2 aliphatic rings. The van der Waals surface area contributed by atoms with Gasteiger partial charge in [-0.15, -0.1) is 0 Å². The van der Waals surface area contributed by atoms with E-state index in [0.29, 0.717) is 11.1 Å². The van der Waals surface area contributed by atoms with Crippen molar-refractivity contribution in [2.45, 2.75) is 18.3 Å². The van der Waals surface area contributed by atoms with Crippen molar-refractivity contribution >= 4 is 28.6 Å². The molecule has 1 saturated heterocycles. The number of methoxy groups -OCH3 is 1. The van der Waals surface area contributed by atoms with Gasteiger partial charge >= 0.3 is 5.97 Å². The molecule has 1 fully saturated rings. The minimum absolute atomic E-state index is 0.123. The van der Waals surface area contributed by atoms with Gasteiger partial charge in [-0.25, -0.2) is 4.79 Å². The number of hydrogen-bond acceptors (Lipinski definition) is 5. The summed E-state index contributed by atoms with van der Waals surface area (Å²) in [6, 6.07) is 7.54. The first kappa shape index (κ1) is 16.4. The predicted molar refractivity (Wildman–Crippen MR) is 86.1 cm³/mol. The Bertz CT molecular complexity index is 774. The molecule has 0 saturated carbocycles. The summed E-state index contributed by atoms with van der Waals surface area (Å²) in [6.07, 6.45) is 0. The van der Waals surface area contributed by atoms with Crippen LogP contribution in [0, 0.1) is 0 Å². The lowest BCUT2D eigenvalue weighted by molar-refractivity contribution is -0.150. The molecule has 1 aromatic carbocycles. The lowest BCUT2D eigenvalue weighted by atomic mass is 10.0. The summed E-state index contributed by atoms with van der Waals surface area (Å²) < 4.78 is 17.1. The van der Waals surface area contributed by atoms with Crippen LogP contribution in [0.4, 0.5) is 0 Å². The summed E-state index contributed by atoms with van der Waals surface area (Å²) in [5, 5.41) is 1.86. The average molecular weight is 348 g/mol. The second-order valence-electron chi connectivity index (χ2n) is 5.56. The highest BCUT2D eigenvalue weighted by Gasteiger charge is 2.56. The fourth-order valence-corrected chi connectivity index (χ4v) is 4.53. The van der Waals surface area contributed by atoms with Crippen molar-refractivity contribution in [1.29, 1.82) is 0 Å². The SMILES string of the molecule is COC(=O)C1=C(C)C[S@](=O)[C@@H]2[C@H](NC(=O)c3ccccc3)C(=O)N12. The minimum atomic E-state index is -1.40. The molecule has 8 heteroatoms. The third-order valence-electron chi connectivity index (χ3n) is 4.02. The summed E-state index contributed by atoms with van der Waals surface area (Å²) in [4.78, 5) is 37.7. The Morgan fingerprint density at radius 2 is 1.96 bits per heavy atom. The molecule has 0 spiro atoms. The van der Waals surface area contributed by atoms with Gasteiger partial charge in [-0.05, 0) is 24.6 Å². The van der Waals surface area contributed by atoms with E-state index < -0.39 is 40.0 Å². The third kappa shape index (κ3) is 2.52. The molecule has 2 heterocycles. The summed E-state index contributed by atoms with van der Waals surface area (Å²) in [7, 11) is -0.172. The number of carbonyl (C=O) groups is 3. The molecule has 1 aromatic rings. The topological polar surface area (TPSA) is 92.8 Å². The summed E-state index contributed by atoms with van der Waals surface area (Å²) >= 11 is 0. The predicted octanol–water partition coefficient (Wildman–Crippen LogP) is 0.163. The molecule has 24 heavy (non-hydrogen) atoms. The van der Waals surface area contributed by atoms with E-state index in [1.165, 1.54) is 12.0 Å². The zero-order valence-electron chi connectivity index (χ0n) is 13.1. The molecule has 0 aliphatic carbocycles. The van der Waals surface area contributed by atoms with E-state index in [4.69, 9.17) is 4.74 Å². The fraction of sp³-hybridized carbons (Fsp3) is 0.312. The van der Waals surface area contributed by atoms with E-state index in [9.17, 15) is 18.6 Å². The summed E-state index contributed by atoms with van der Waals surface area (Å²) in [6.45, 7) is 1.64. The van der Waals surface area contributed by atoms with Crippen LogP contribution in [0.15, 0.2) is 41.6 Å². The zero-order chi connectivity index (χ0) is 17.4. The lowest BCUT2D eigenvalue weighted by Gasteiger charge is -2.49. The molecule has 0 unspecified atom stereocenters. The number of nitrogens with zero attached hydrogens (tertiary/aromatic N) is 1. The molecular formula is C16H16N2O5S. The molecule has 3 rings (SSSR count). The van der Waals surface area contributed by atoms with Gasteiger partial charge in [0, 0.05) is 11.3 Å². The maximum absolute atomic E-state index is 12.4. The van der Waals surface area contributed by atoms with Crippen LogP contribution >= 0.6 is 0 Å². The Kier molecular flexibility index (Phi) is 4.23. The van der Waals surface area contributed by atoms with E-state index >= 15 is 0 Å². The highest BCUT2D eigenvalue weighted by Crippen LogP contribution is 2.35. The first-order chi connectivity index (χ1) is 11.5. The first-order valence-corrected chi connectivity index (χ1v) is 8.68. The molecule has 126 valence electrons. The molecule has 1 N–H and O–H groups in total. The van der Waals surface area contributed by atoms with E-state index in [-0.39, 0.29) is 11.4 Å². The maximum Gasteiger partial charge on any atom is 0.354 e. The zero-order valence-corrected chi connectivity index (χ0v) is 14.0. The maximum atomic E-state index is 12.4. The van der Waals surface area contributed by atoms with Crippen LogP contribution in [-0.2, 0) is 25.1 Å². The number of amides is 2. The number of fused-ring (bicyclic) bond motifs is 1. The number of nitrogens with one attached hydrogen (secondary N) is 1. The monoisotopic (exact) mass is 348 g/mol. The van der Waals surface area contributed by atoms with Crippen LogP contribution < -0.4 is 5.32 Å². The van der Waals surface area contributed by atoms with Crippen molar-refractivity contribution in [3.8, 4) is 0 Å². The smallest absolute Gasteiger partial charge is 0.354 e. The van der Waals surface area contributed by atoms with Gasteiger partial charge in [0.1, 0.15) is 17.1 Å².